The highest BCUT2D eigenvalue weighted by Gasteiger charge is 2.32. The van der Waals surface area contributed by atoms with E-state index in [2.05, 4.69) is 6.07 Å². The van der Waals surface area contributed by atoms with E-state index in [9.17, 15) is 4.79 Å². The first kappa shape index (κ1) is 11.0. The van der Waals surface area contributed by atoms with E-state index in [1.54, 1.807) is 0 Å². The second kappa shape index (κ2) is 3.81. The van der Waals surface area contributed by atoms with Crippen molar-refractivity contribution in [1.29, 1.82) is 0 Å². The molecular weight excluding hydrogens is 200 g/mol. The van der Waals surface area contributed by atoms with Gasteiger partial charge < -0.3 is 11.5 Å². The van der Waals surface area contributed by atoms with Crippen LogP contribution in [0.1, 0.15) is 30.9 Å². The van der Waals surface area contributed by atoms with Crippen LogP contribution in [0.3, 0.4) is 0 Å². The van der Waals surface area contributed by atoms with E-state index < -0.39 is 0 Å². The average molecular weight is 218 g/mol. The van der Waals surface area contributed by atoms with E-state index in [-0.39, 0.29) is 11.3 Å². The number of amides is 1. The SMILES string of the molecule is CC1(C(N)=O)CCc2ccc(N)cc2CC1. The van der Waals surface area contributed by atoms with Crippen LogP contribution in [-0.2, 0) is 17.6 Å². The van der Waals surface area contributed by atoms with E-state index in [1.165, 1.54) is 11.1 Å². The van der Waals surface area contributed by atoms with E-state index >= 15 is 0 Å². The number of rotatable bonds is 1. The molecule has 0 saturated carbocycles. The first-order valence-electron chi connectivity index (χ1n) is 5.68. The third-order valence-electron chi connectivity index (χ3n) is 3.72. The summed E-state index contributed by atoms with van der Waals surface area (Å²) >= 11 is 0. The Kier molecular flexibility index (Phi) is 2.62. The predicted octanol–water partition coefficient (Wildman–Crippen LogP) is 1.64. The highest BCUT2D eigenvalue weighted by molar-refractivity contribution is 5.80. The van der Waals surface area contributed by atoms with Crippen molar-refractivity contribution in [1.82, 2.24) is 0 Å². The maximum Gasteiger partial charge on any atom is 0.223 e. The van der Waals surface area contributed by atoms with Crippen LogP contribution < -0.4 is 11.5 Å². The summed E-state index contributed by atoms with van der Waals surface area (Å²) in [5.74, 6) is -0.187. The number of fused-ring (bicyclic) bond motifs is 1. The number of primary amides is 1. The molecule has 1 amide bonds. The van der Waals surface area contributed by atoms with Gasteiger partial charge in [-0.05, 0) is 48.9 Å². The standard InChI is InChI=1S/C13H18N2O/c1-13(12(15)16)6-4-9-2-3-11(14)8-10(9)5-7-13/h2-3,8H,4-7,14H2,1H3,(H2,15,16). The molecule has 0 saturated heterocycles. The van der Waals surface area contributed by atoms with Crippen molar-refractivity contribution in [2.24, 2.45) is 11.1 Å². The predicted molar refractivity (Wildman–Crippen MR) is 64.8 cm³/mol. The summed E-state index contributed by atoms with van der Waals surface area (Å²) in [5, 5.41) is 0. The fourth-order valence-corrected chi connectivity index (χ4v) is 2.31. The topological polar surface area (TPSA) is 69.1 Å². The molecule has 0 aliphatic heterocycles. The molecule has 1 aliphatic carbocycles. The number of aryl methyl sites for hydroxylation is 2. The van der Waals surface area contributed by atoms with Gasteiger partial charge in [-0.3, -0.25) is 4.79 Å². The molecule has 1 aromatic carbocycles. The fraction of sp³-hybridized carbons (Fsp3) is 0.462. The highest BCUT2D eigenvalue weighted by Crippen LogP contribution is 2.34. The molecule has 1 aliphatic rings. The minimum Gasteiger partial charge on any atom is -0.399 e. The summed E-state index contributed by atoms with van der Waals surface area (Å²) in [6.07, 6.45) is 3.45. The van der Waals surface area contributed by atoms with Crippen molar-refractivity contribution >= 4 is 11.6 Å². The number of nitrogen functional groups attached to an aromatic ring is 1. The Morgan fingerprint density at radius 1 is 1.25 bits per heavy atom. The summed E-state index contributed by atoms with van der Waals surface area (Å²) in [6.45, 7) is 1.96. The summed E-state index contributed by atoms with van der Waals surface area (Å²) in [5.41, 5.74) is 14.2. The van der Waals surface area contributed by atoms with Crippen molar-refractivity contribution in [2.45, 2.75) is 32.6 Å². The van der Waals surface area contributed by atoms with Crippen molar-refractivity contribution < 1.29 is 4.79 Å². The Morgan fingerprint density at radius 3 is 2.50 bits per heavy atom. The maximum absolute atomic E-state index is 11.4. The smallest absolute Gasteiger partial charge is 0.223 e. The largest absolute Gasteiger partial charge is 0.399 e. The fourth-order valence-electron chi connectivity index (χ4n) is 2.31. The molecule has 0 aromatic heterocycles. The van der Waals surface area contributed by atoms with Crippen LogP contribution in [0.2, 0.25) is 0 Å². The Bertz CT molecular complexity index is 428. The number of anilines is 1. The molecule has 0 spiro atoms. The molecule has 0 radical (unpaired) electrons. The zero-order valence-electron chi connectivity index (χ0n) is 9.62. The lowest BCUT2D eigenvalue weighted by atomic mass is 9.81. The van der Waals surface area contributed by atoms with Gasteiger partial charge >= 0.3 is 0 Å². The Balaban J connectivity index is 2.28. The monoisotopic (exact) mass is 218 g/mol. The van der Waals surface area contributed by atoms with Crippen molar-refractivity contribution in [3.63, 3.8) is 0 Å². The maximum atomic E-state index is 11.4. The Labute approximate surface area is 95.8 Å². The molecule has 2 rings (SSSR count). The summed E-state index contributed by atoms with van der Waals surface area (Å²) in [4.78, 5) is 11.4. The van der Waals surface area contributed by atoms with Crippen molar-refractivity contribution in [3.05, 3.63) is 29.3 Å². The Morgan fingerprint density at radius 2 is 1.88 bits per heavy atom. The third-order valence-corrected chi connectivity index (χ3v) is 3.72. The molecule has 16 heavy (non-hydrogen) atoms. The normalized spacial score (nSPS) is 24.6. The molecular formula is C13H18N2O. The molecule has 0 heterocycles. The van der Waals surface area contributed by atoms with Crippen LogP contribution in [0.25, 0.3) is 0 Å². The average Bonchev–Trinajstić information content (AvgIpc) is 2.40. The molecule has 1 aromatic rings. The van der Waals surface area contributed by atoms with Crippen LogP contribution >= 0.6 is 0 Å². The Hall–Kier alpha value is -1.51. The number of carbonyl (C=O) groups excluding carboxylic acids is 1. The van der Waals surface area contributed by atoms with Crippen LogP contribution in [0, 0.1) is 5.41 Å². The summed E-state index contributed by atoms with van der Waals surface area (Å²) in [7, 11) is 0. The van der Waals surface area contributed by atoms with Gasteiger partial charge in [0.1, 0.15) is 0 Å². The van der Waals surface area contributed by atoms with E-state index in [4.69, 9.17) is 11.5 Å². The first-order valence-corrected chi connectivity index (χ1v) is 5.68. The van der Waals surface area contributed by atoms with Crippen LogP contribution in [-0.4, -0.2) is 5.91 Å². The number of carbonyl (C=O) groups is 1. The lowest BCUT2D eigenvalue weighted by Crippen LogP contribution is -2.34. The lowest BCUT2D eigenvalue weighted by Gasteiger charge is -2.23. The number of benzene rings is 1. The molecule has 3 nitrogen and oxygen atoms in total. The molecule has 3 heteroatoms. The zero-order chi connectivity index (χ0) is 11.8. The minimum absolute atomic E-state index is 0.187. The van der Waals surface area contributed by atoms with Gasteiger partial charge in [0.2, 0.25) is 5.91 Å². The zero-order valence-corrected chi connectivity index (χ0v) is 9.62. The number of hydrogen-bond acceptors (Lipinski definition) is 2. The molecule has 86 valence electrons. The minimum atomic E-state index is -0.367. The van der Waals surface area contributed by atoms with Gasteiger partial charge in [0.05, 0.1) is 0 Å². The number of hydrogen-bond donors (Lipinski definition) is 2. The number of nitrogens with two attached hydrogens (primary N) is 2. The van der Waals surface area contributed by atoms with Crippen LogP contribution in [0.5, 0.6) is 0 Å². The lowest BCUT2D eigenvalue weighted by molar-refractivity contribution is -0.127. The third kappa shape index (κ3) is 1.90. The van der Waals surface area contributed by atoms with Crippen LogP contribution in [0.4, 0.5) is 5.69 Å². The molecule has 1 unspecified atom stereocenters. The second-order valence-electron chi connectivity index (χ2n) is 4.95. The summed E-state index contributed by atoms with van der Waals surface area (Å²) in [6, 6.07) is 6.01. The van der Waals surface area contributed by atoms with Gasteiger partial charge in [0, 0.05) is 11.1 Å². The molecule has 1 atom stereocenters. The van der Waals surface area contributed by atoms with Gasteiger partial charge in [-0.25, -0.2) is 0 Å². The van der Waals surface area contributed by atoms with E-state index in [0.717, 1.165) is 31.4 Å². The highest BCUT2D eigenvalue weighted by atomic mass is 16.1. The van der Waals surface area contributed by atoms with E-state index in [0.29, 0.717) is 0 Å². The van der Waals surface area contributed by atoms with Crippen molar-refractivity contribution in [3.8, 4) is 0 Å². The van der Waals surface area contributed by atoms with Crippen LogP contribution in [0.15, 0.2) is 18.2 Å². The van der Waals surface area contributed by atoms with Crippen molar-refractivity contribution in [2.75, 3.05) is 5.73 Å². The molecule has 0 fully saturated rings. The molecule has 0 bridgehead atoms. The second-order valence-corrected chi connectivity index (χ2v) is 4.95. The van der Waals surface area contributed by atoms with Gasteiger partial charge in [0.25, 0.3) is 0 Å². The summed E-state index contributed by atoms with van der Waals surface area (Å²) < 4.78 is 0. The van der Waals surface area contributed by atoms with Gasteiger partial charge in [-0.15, -0.1) is 0 Å². The first-order chi connectivity index (χ1) is 7.51. The van der Waals surface area contributed by atoms with Gasteiger partial charge in [0.15, 0.2) is 0 Å². The van der Waals surface area contributed by atoms with E-state index in [1.807, 2.05) is 19.1 Å². The van der Waals surface area contributed by atoms with Gasteiger partial charge in [-0.2, -0.15) is 0 Å². The quantitative estimate of drug-likeness (QED) is 0.555. The van der Waals surface area contributed by atoms with Gasteiger partial charge in [-0.1, -0.05) is 13.0 Å². The molecule has 4 N–H and O–H groups in total.